The minimum Gasteiger partial charge on any atom is -0.441 e. The maximum absolute atomic E-state index is 13.5. The van der Waals surface area contributed by atoms with Gasteiger partial charge in [0.15, 0.2) is 11.0 Å². The van der Waals surface area contributed by atoms with Crippen molar-refractivity contribution in [3.05, 3.63) is 53.5 Å². The molecule has 1 aliphatic heterocycles. The highest BCUT2D eigenvalue weighted by Gasteiger charge is 2.34. The van der Waals surface area contributed by atoms with Crippen LogP contribution in [0.4, 0.5) is 16.0 Å². The number of carbonyl (C=O) groups is 2. The molecule has 1 fully saturated rings. The topological polar surface area (TPSA) is 65.8 Å². The maximum Gasteiger partial charge on any atom is 0.270 e. The lowest BCUT2D eigenvalue weighted by atomic mass is 10.1. The van der Waals surface area contributed by atoms with Crippen molar-refractivity contribution in [2.45, 2.75) is 0 Å². The van der Waals surface area contributed by atoms with Crippen LogP contribution in [0.2, 0.25) is 0 Å². The summed E-state index contributed by atoms with van der Waals surface area (Å²) in [6, 6.07) is 8.75. The third kappa shape index (κ3) is 3.29. The molecule has 1 aliphatic rings. The van der Waals surface area contributed by atoms with Crippen molar-refractivity contribution < 1.29 is 18.4 Å². The van der Waals surface area contributed by atoms with Gasteiger partial charge >= 0.3 is 0 Å². The zero-order valence-electron chi connectivity index (χ0n) is 13.4. The van der Waals surface area contributed by atoms with Crippen LogP contribution in [0.5, 0.6) is 0 Å². The number of anilines is 2. The van der Waals surface area contributed by atoms with E-state index in [1.165, 1.54) is 24.3 Å². The first-order valence-corrected chi connectivity index (χ1v) is 7.72. The molecule has 6 nitrogen and oxygen atoms in total. The zero-order chi connectivity index (χ0) is 18.1. The average Bonchev–Trinajstić information content (AvgIpc) is 3.00. The van der Waals surface area contributed by atoms with E-state index in [0.29, 0.717) is 11.6 Å². The number of hydrogen-bond donors (Lipinski definition) is 1. The first-order chi connectivity index (χ1) is 11.9. The second-order valence-corrected chi connectivity index (χ2v) is 5.89. The first-order valence-electron chi connectivity index (χ1n) is 7.31. The monoisotopic (exact) mass is 359 g/mol. The van der Waals surface area contributed by atoms with Crippen molar-refractivity contribution in [1.29, 1.82) is 0 Å². The number of hydrogen-bond acceptors (Lipinski definition) is 5. The number of benzene rings is 1. The van der Waals surface area contributed by atoms with Gasteiger partial charge in [0, 0.05) is 20.2 Å². The second kappa shape index (κ2) is 6.48. The van der Waals surface area contributed by atoms with E-state index in [1.807, 2.05) is 0 Å². The molecule has 1 saturated heterocycles. The molecule has 1 aromatic heterocycles. The molecule has 0 bridgehead atoms. The quantitative estimate of drug-likeness (QED) is 0.518. The molecule has 2 amide bonds. The van der Waals surface area contributed by atoms with Crippen molar-refractivity contribution in [3.63, 3.8) is 0 Å². The summed E-state index contributed by atoms with van der Waals surface area (Å²) in [6.07, 6.45) is 1.33. The first kappa shape index (κ1) is 16.8. The van der Waals surface area contributed by atoms with Crippen molar-refractivity contribution in [2.75, 3.05) is 23.9 Å². The molecule has 0 unspecified atom stereocenters. The third-order valence-corrected chi connectivity index (χ3v) is 3.79. The van der Waals surface area contributed by atoms with E-state index in [4.69, 9.17) is 16.6 Å². The van der Waals surface area contributed by atoms with Crippen LogP contribution in [-0.4, -0.2) is 31.0 Å². The van der Waals surface area contributed by atoms with Crippen molar-refractivity contribution in [2.24, 2.45) is 0 Å². The normalized spacial score (nSPS) is 16.4. The Labute approximate surface area is 148 Å². The minimum absolute atomic E-state index is 0.105. The molecular formula is C17H14FN3O3S. The van der Waals surface area contributed by atoms with Gasteiger partial charge in [0.1, 0.15) is 17.2 Å². The van der Waals surface area contributed by atoms with E-state index in [0.717, 1.165) is 11.0 Å². The van der Waals surface area contributed by atoms with Gasteiger partial charge in [-0.3, -0.25) is 19.8 Å². The highest BCUT2D eigenvalue weighted by molar-refractivity contribution is 7.80. The summed E-state index contributed by atoms with van der Waals surface area (Å²) in [5.74, 6) is -0.882. The second-order valence-electron chi connectivity index (χ2n) is 5.51. The van der Waals surface area contributed by atoms with Crippen LogP contribution in [0, 0.1) is 5.82 Å². The standard InChI is InChI=1S/C17H14FN3O3S/c1-20(2)14-7-6-12(24-14)9-13-15(22)19-17(25)21(16(13)23)11-5-3-4-10(18)8-11/h3-9H,1-2H3,(H,19,22,25)/b13-9+. The van der Waals surface area contributed by atoms with Crippen LogP contribution < -0.4 is 15.1 Å². The fourth-order valence-corrected chi connectivity index (χ4v) is 2.59. The summed E-state index contributed by atoms with van der Waals surface area (Å²) in [6.45, 7) is 0. The number of amides is 2. The van der Waals surface area contributed by atoms with Gasteiger partial charge in [-0.05, 0) is 42.6 Å². The molecule has 8 heteroatoms. The number of rotatable bonds is 3. The van der Waals surface area contributed by atoms with Crippen LogP contribution in [-0.2, 0) is 9.59 Å². The number of nitrogens with zero attached hydrogens (tertiary/aromatic N) is 2. The predicted octanol–water partition coefficient (Wildman–Crippen LogP) is 2.32. The summed E-state index contributed by atoms with van der Waals surface area (Å²) >= 11 is 5.06. The third-order valence-electron chi connectivity index (χ3n) is 3.51. The molecular weight excluding hydrogens is 345 g/mol. The van der Waals surface area contributed by atoms with E-state index < -0.39 is 17.6 Å². The van der Waals surface area contributed by atoms with Gasteiger partial charge in [0.2, 0.25) is 0 Å². The lowest BCUT2D eigenvalue weighted by Crippen LogP contribution is -2.54. The van der Waals surface area contributed by atoms with Gasteiger partial charge in [-0.1, -0.05) is 6.07 Å². The number of thiocarbonyl (C=S) groups is 1. The van der Waals surface area contributed by atoms with Crippen molar-refractivity contribution in [1.82, 2.24) is 5.32 Å². The lowest BCUT2D eigenvalue weighted by Gasteiger charge is -2.28. The molecule has 0 atom stereocenters. The Morgan fingerprint density at radius 3 is 2.64 bits per heavy atom. The molecule has 2 heterocycles. The van der Waals surface area contributed by atoms with Gasteiger partial charge in [-0.2, -0.15) is 0 Å². The summed E-state index contributed by atoms with van der Waals surface area (Å²) in [7, 11) is 3.61. The van der Waals surface area contributed by atoms with Crippen LogP contribution in [0.15, 0.2) is 46.4 Å². The molecule has 1 N–H and O–H groups in total. The Kier molecular flexibility index (Phi) is 4.37. The summed E-state index contributed by atoms with van der Waals surface area (Å²) in [5, 5.41) is 2.33. The molecule has 128 valence electrons. The Balaban J connectivity index is 1.99. The Bertz CT molecular complexity index is 904. The Hall–Kier alpha value is -3.00. The maximum atomic E-state index is 13.5. The molecule has 1 aromatic carbocycles. The lowest BCUT2D eigenvalue weighted by molar-refractivity contribution is -0.122. The number of nitrogens with one attached hydrogen (secondary N) is 1. The molecule has 2 aromatic rings. The van der Waals surface area contributed by atoms with E-state index >= 15 is 0 Å². The van der Waals surface area contributed by atoms with Crippen molar-refractivity contribution in [3.8, 4) is 0 Å². The van der Waals surface area contributed by atoms with Gasteiger partial charge in [0.05, 0.1) is 5.69 Å². The Morgan fingerprint density at radius 2 is 2.00 bits per heavy atom. The van der Waals surface area contributed by atoms with E-state index in [-0.39, 0.29) is 16.4 Å². The number of furan rings is 1. The van der Waals surface area contributed by atoms with Gasteiger partial charge in [0.25, 0.3) is 11.8 Å². The molecule has 0 aliphatic carbocycles. The molecule has 25 heavy (non-hydrogen) atoms. The molecule has 0 saturated carbocycles. The summed E-state index contributed by atoms with van der Waals surface area (Å²) in [5.41, 5.74) is 0.0758. The van der Waals surface area contributed by atoms with Crippen molar-refractivity contribution >= 4 is 46.8 Å². The van der Waals surface area contributed by atoms with Crippen LogP contribution in [0.25, 0.3) is 6.08 Å². The fourth-order valence-electron chi connectivity index (χ4n) is 2.31. The largest absolute Gasteiger partial charge is 0.441 e. The van der Waals surface area contributed by atoms with E-state index in [2.05, 4.69) is 5.32 Å². The summed E-state index contributed by atoms with van der Waals surface area (Å²) in [4.78, 5) is 27.7. The van der Waals surface area contributed by atoms with Crippen LogP contribution >= 0.6 is 12.2 Å². The molecule has 3 rings (SSSR count). The fraction of sp³-hybridized carbons (Fsp3) is 0.118. The highest BCUT2D eigenvalue weighted by Crippen LogP contribution is 2.24. The molecule has 0 spiro atoms. The van der Waals surface area contributed by atoms with E-state index in [9.17, 15) is 14.0 Å². The van der Waals surface area contributed by atoms with E-state index in [1.54, 1.807) is 31.1 Å². The molecule has 0 radical (unpaired) electrons. The zero-order valence-corrected chi connectivity index (χ0v) is 14.3. The van der Waals surface area contributed by atoms with Crippen LogP contribution in [0.1, 0.15) is 5.76 Å². The highest BCUT2D eigenvalue weighted by atomic mass is 32.1. The van der Waals surface area contributed by atoms with Gasteiger partial charge in [-0.15, -0.1) is 0 Å². The Morgan fingerprint density at radius 1 is 1.24 bits per heavy atom. The van der Waals surface area contributed by atoms with Gasteiger partial charge < -0.3 is 9.32 Å². The summed E-state index contributed by atoms with van der Waals surface area (Å²) < 4.78 is 19.0. The number of halogens is 1. The smallest absolute Gasteiger partial charge is 0.270 e. The SMILES string of the molecule is CN(C)c1ccc(/C=C2\C(=O)NC(=S)N(c3cccc(F)c3)C2=O)o1. The van der Waals surface area contributed by atoms with Crippen LogP contribution in [0.3, 0.4) is 0 Å². The average molecular weight is 359 g/mol. The minimum atomic E-state index is -0.651. The predicted molar refractivity (Wildman–Crippen MR) is 95.6 cm³/mol. The van der Waals surface area contributed by atoms with Gasteiger partial charge in [-0.25, -0.2) is 4.39 Å². The number of carbonyl (C=O) groups excluding carboxylic acids is 2.